The summed E-state index contributed by atoms with van der Waals surface area (Å²) in [6.45, 7) is -0.215. The van der Waals surface area contributed by atoms with Crippen LogP contribution in [0.25, 0.3) is 0 Å². The zero-order valence-electron chi connectivity index (χ0n) is 8.20. The molecule has 0 saturated carbocycles. The highest BCUT2D eigenvalue weighted by Crippen LogP contribution is 2.34. The van der Waals surface area contributed by atoms with Crippen molar-refractivity contribution in [2.75, 3.05) is 6.61 Å². The Labute approximate surface area is 108 Å². The Bertz CT molecular complexity index is 347. The molecule has 1 aromatic rings. The molecule has 0 bridgehead atoms. The minimum Gasteiger partial charge on any atom is -0.396 e. The van der Waals surface area contributed by atoms with Gasteiger partial charge in [-0.05, 0) is 24.1 Å². The Kier molecular flexibility index (Phi) is 5.31. The number of aliphatic hydroxyl groups excluding tert-OH is 3. The van der Waals surface area contributed by atoms with Crippen molar-refractivity contribution in [2.45, 2.75) is 18.6 Å². The van der Waals surface area contributed by atoms with E-state index >= 15 is 0 Å². The quantitative estimate of drug-likeness (QED) is 0.745. The van der Waals surface area contributed by atoms with E-state index in [4.69, 9.17) is 39.9 Å². The number of halogens is 3. The Morgan fingerprint density at radius 3 is 2.00 bits per heavy atom. The lowest BCUT2D eigenvalue weighted by Gasteiger charge is -2.18. The molecule has 0 aliphatic heterocycles. The van der Waals surface area contributed by atoms with Gasteiger partial charge in [0.1, 0.15) is 6.10 Å². The predicted octanol–water partition coefficient (Wildman–Crippen LogP) is 2.42. The van der Waals surface area contributed by atoms with Gasteiger partial charge in [-0.15, -0.1) is 0 Å². The van der Waals surface area contributed by atoms with Crippen molar-refractivity contribution < 1.29 is 15.3 Å². The molecule has 2 atom stereocenters. The molecule has 90 valence electrons. The molecule has 6 heteroatoms. The van der Waals surface area contributed by atoms with Gasteiger partial charge in [0.15, 0.2) is 0 Å². The van der Waals surface area contributed by atoms with E-state index in [2.05, 4.69) is 0 Å². The monoisotopic (exact) mass is 284 g/mol. The SMILES string of the molecule is OCCC(O)C(O)c1cc(Cl)c(Cl)c(Cl)c1. The molecule has 2 unspecified atom stereocenters. The first-order valence-electron chi connectivity index (χ1n) is 4.58. The lowest BCUT2D eigenvalue weighted by atomic mass is 10.0. The molecular formula is C10H11Cl3O3. The number of benzene rings is 1. The largest absolute Gasteiger partial charge is 0.396 e. The molecule has 0 aromatic heterocycles. The fraction of sp³-hybridized carbons (Fsp3) is 0.400. The third-order valence-corrected chi connectivity index (χ3v) is 3.33. The van der Waals surface area contributed by atoms with Gasteiger partial charge in [-0.25, -0.2) is 0 Å². The zero-order valence-corrected chi connectivity index (χ0v) is 10.5. The fourth-order valence-electron chi connectivity index (χ4n) is 1.26. The van der Waals surface area contributed by atoms with Crippen molar-refractivity contribution in [3.8, 4) is 0 Å². The van der Waals surface area contributed by atoms with Crippen molar-refractivity contribution in [3.05, 3.63) is 32.8 Å². The summed E-state index contributed by atoms with van der Waals surface area (Å²) in [7, 11) is 0. The Balaban J connectivity index is 2.96. The van der Waals surface area contributed by atoms with Gasteiger partial charge >= 0.3 is 0 Å². The van der Waals surface area contributed by atoms with Gasteiger partial charge in [0, 0.05) is 6.61 Å². The first kappa shape index (κ1) is 14.0. The highest BCUT2D eigenvalue weighted by molar-refractivity contribution is 6.48. The van der Waals surface area contributed by atoms with Crippen LogP contribution in [0.15, 0.2) is 12.1 Å². The molecule has 16 heavy (non-hydrogen) atoms. The standard InChI is InChI=1S/C10H11Cl3O3/c11-6-3-5(4-7(12)9(6)13)10(16)8(15)1-2-14/h3-4,8,10,14-16H,1-2H2. The second-order valence-corrected chi connectivity index (χ2v) is 4.52. The molecule has 1 rings (SSSR count). The number of hydrogen-bond acceptors (Lipinski definition) is 3. The molecule has 0 fully saturated rings. The third-order valence-electron chi connectivity index (χ3n) is 2.14. The summed E-state index contributed by atoms with van der Waals surface area (Å²) in [6.07, 6.45) is -2.16. The minimum absolute atomic E-state index is 0.0685. The minimum atomic E-state index is -1.15. The summed E-state index contributed by atoms with van der Waals surface area (Å²) in [5, 5.41) is 28.5. The molecule has 0 spiro atoms. The summed E-state index contributed by atoms with van der Waals surface area (Å²) in [5.41, 5.74) is 0.361. The van der Waals surface area contributed by atoms with Crippen molar-refractivity contribution >= 4 is 34.8 Å². The first-order chi connectivity index (χ1) is 7.47. The number of rotatable bonds is 4. The van der Waals surface area contributed by atoms with Gasteiger partial charge in [0.05, 0.1) is 21.2 Å². The predicted molar refractivity (Wildman–Crippen MR) is 64.1 cm³/mol. The van der Waals surface area contributed by atoms with Crippen LogP contribution in [0.3, 0.4) is 0 Å². The van der Waals surface area contributed by atoms with Crippen molar-refractivity contribution in [3.63, 3.8) is 0 Å². The van der Waals surface area contributed by atoms with Gasteiger partial charge in [0.2, 0.25) is 0 Å². The van der Waals surface area contributed by atoms with E-state index in [0.717, 1.165) is 0 Å². The van der Waals surface area contributed by atoms with Crippen molar-refractivity contribution in [2.24, 2.45) is 0 Å². The van der Waals surface area contributed by atoms with Crippen LogP contribution in [0, 0.1) is 0 Å². The van der Waals surface area contributed by atoms with E-state index in [9.17, 15) is 10.2 Å². The maximum atomic E-state index is 9.74. The second kappa shape index (κ2) is 6.05. The maximum Gasteiger partial charge on any atom is 0.105 e. The van der Waals surface area contributed by atoms with Crippen LogP contribution in [0.1, 0.15) is 18.1 Å². The summed E-state index contributed by atoms with van der Waals surface area (Å²) >= 11 is 17.3. The molecule has 0 aliphatic rings. The van der Waals surface area contributed by atoms with Gasteiger partial charge in [-0.3, -0.25) is 0 Å². The maximum absolute atomic E-state index is 9.74. The van der Waals surface area contributed by atoms with Crippen LogP contribution in [-0.2, 0) is 0 Å². The summed E-state index contributed by atoms with van der Waals surface area (Å²) in [4.78, 5) is 0. The lowest BCUT2D eigenvalue weighted by molar-refractivity contribution is 0.00423. The van der Waals surface area contributed by atoms with Crippen LogP contribution in [-0.4, -0.2) is 28.0 Å². The zero-order chi connectivity index (χ0) is 12.3. The molecule has 3 N–H and O–H groups in total. The number of aliphatic hydroxyl groups is 3. The molecular weight excluding hydrogens is 274 g/mol. The molecule has 0 aliphatic carbocycles. The second-order valence-electron chi connectivity index (χ2n) is 3.32. The molecule has 0 saturated heterocycles. The van der Waals surface area contributed by atoms with E-state index in [1.807, 2.05) is 0 Å². The topological polar surface area (TPSA) is 60.7 Å². The average molecular weight is 286 g/mol. The van der Waals surface area contributed by atoms with Gasteiger partial charge in [-0.2, -0.15) is 0 Å². The third kappa shape index (κ3) is 3.23. The van der Waals surface area contributed by atoms with E-state index in [0.29, 0.717) is 5.56 Å². The average Bonchev–Trinajstić information content (AvgIpc) is 2.24. The summed E-state index contributed by atoms with van der Waals surface area (Å²) in [6, 6.07) is 2.86. The van der Waals surface area contributed by atoms with Gasteiger partial charge in [0.25, 0.3) is 0 Å². The Hall–Kier alpha value is -0.0300. The fourth-order valence-corrected chi connectivity index (χ4v) is 1.87. The van der Waals surface area contributed by atoms with Crippen LogP contribution >= 0.6 is 34.8 Å². The van der Waals surface area contributed by atoms with E-state index < -0.39 is 12.2 Å². The number of hydrogen-bond donors (Lipinski definition) is 3. The van der Waals surface area contributed by atoms with Crippen molar-refractivity contribution in [1.29, 1.82) is 0 Å². The van der Waals surface area contributed by atoms with Crippen molar-refractivity contribution in [1.82, 2.24) is 0 Å². The Morgan fingerprint density at radius 2 is 1.56 bits per heavy atom. The van der Waals surface area contributed by atoms with E-state index in [1.54, 1.807) is 0 Å². The van der Waals surface area contributed by atoms with Crippen LogP contribution in [0.4, 0.5) is 0 Å². The van der Waals surface area contributed by atoms with E-state index in [-0.39, 0.29) is 28.1 Å². The summed E-state index contributed by atoms with van der Waals surface area (Å²) < 4.78 is 0. The van der Waals surface area contributed by atoms with E-state index in [1.165, 1.54) is 12.1 Å². The molecule has 0 heterocycles. The molecule has 1 aromatic carbocycles. The molecule has 3 nitrogen and oxygen atoms in total. The molecule has 0 amide bonds. The first-order valence-corrected chi connectivity index (χ1v) is 5.72. The normalized spacial score (nSPS) is 14.9. The lowest BCUT2D eigenvalue weighted by Crippen LogP contribution is -2.19. The smallest absolute Gasteiger partial charge is 0.105 e. The molecule has 0 radical (unpaired) electrons. The summed E-state index contributed by atoms with van der Waals surface area (Å²) in [5.74, 6) is 0. The van der Waals surface area contributed by atoms with Crippen LogP contribution < -0.4 is 0 Å². The van der Waals surface area contributed by atoms with Gasteiger partial charge < -0.3 is 15.3 Å². The van der Waals surface area contributed by atoms with Crippen LogP contribution in [0.2, 0.25) is 15.1 Å². The highest BCUT2D eigenvalue weighted by atomic mass is 35.5. The van der Waals surface area contributed by atoms with Crippen LogP contribution in [0.5, 0.6) is 0 Å². The Morgan fingerprint density at radius 1 is 1.06 bits per heavy atom. The van der Waals surface area contributed by atoms with Gasteiger partial charge in [-0.1, -0.05) is 34.8 Å². The highest BCUT2D eigenvalue weighted by Gasteiger charge is 2.19.